The first-order chi connectivity index (χ1) is 9.81. The van der Waals surface area contributed by atoms with Crippen LogP contribution in [-0.4, -0.2) is 8.42 Å². The first-order valence-electron chi connectivity index (χ1n) is 7.03. The van der Waals surface area contributed by atoms with E-state index in [0.717, 1.165) is 16.7 Å². The molecule has 0 spiro atoms. The molecule has 0 N–H and O–H groups in total. The molecule has 0 radical (unpaired) electrons. The Morgan fingerprint density at radius 1 is 1.10 bits per heavy atom. The number of sulfone groups is 1. The highest BCUT2D eigenvalue weighted by Crippen LogP contribution is 2.46. The average Bonchev–Trinajstić information content (AvgIpc) is 2.49. The molecule has 2 aromatic rings. The fourth-order valence-electron chi connectivity index (χ4n) is 3.20. The molecule has 3 heteroatoms. The van der Waals surface area contributed by atoms with Crippen molar-refractivity contribution in [2.75, 3.05) is 0 Å². The Bertz CT molecular complexity index is 783. The summed E-state index contributed by atoms with van der Waals surface area (Å²) in [6, 6.07) is 17.1. The highest BCUT2D eigenvalue weighted by Gasteiger charge is 2.37. The van der Waals surface area contributed by atoms with Gasteiger partial charge in [-0.25, -0.2) is 8.42 Å². The summed E-state index contributed by atoms with van der Waals surface area (Å²) in [5, 5.41) is 0. The molecule has 0 aliphatic carbocycles. The smallest absolute Gasteiger partial charge is 0.190 e. The molecule has 108 valence electrons. The van der Waals surface area contributed by atoms with Crippen molar-refractivity contribution in [3.63, 3.8) is 0 Å². The fourth-order valence-corrected chi connectivity index (χ4v) is 4.77. The summed E-state index contributed by atoms with van der Waals surface area (Å²) in [6.45, 7) is 6.44. The van der Waals surface area contributed by atoms with Gasteiger partial charge in [0.15, 0.2) is 9.84 Å². The van der Waals surface area contributed by atoms with Crippen LogP contribution in [0.5, 0.6) is 0 Å². The van der Waals surface area contributed by atoms with E-state index in [0.29, 0.717) is 4.90 Å². The number of hydrogen-bond acceptors (Lipinski definition) is 2. The Morgan fingerprint density at radius 2 is 1.81 bits per heavy atom. The molecule has 0 saturated carbocycles. The van der Waals surface area contributed by atoms with Crippen LogP contribution in [0.3, 0.4) is 0 Å². The Morgan fingerprint density at radius 3 is 2.52 bits per heavy atom. The van der Waals surface area contributed by atoms with Crippen molar-refractivity contribution >= 4 is 9.84 Å². The second-order valence-electron chi connectivity index (χ2n) is 6.64. The summed E-state index contributed by atoms with van der Waals surface area (Å²) >= 11 is 0. The normalized spacial score (nSPS) is 19.9. The molecule has 0 saturated heterocycles. The second-order valence-corrected chi connectivity index (χ2v) is 8.57. The van der Waals surface area contributed by atoms with Gasteiger partial charge in [-0.2, -0.15) is 0 Å². The fraction of sp³-hybridized carbons (Fsp3) is 0.333. The molecule has 0 fully saturated rings. The van der Waals surface area contributed by atoms with E-state index in [1.54, 1.807) is 6.07 Å². The zero-order valence-corrected chi connectivity index (χ0v) is 13.3. The van der Waals surface area contributed by atoms with Crippen LogP contribution >= 0.6 is 0 Å². The molecule has 0 aromatic heterocycles. The van der Waals surface area contributed by atoms with Crippen LogP contribution in [0.4, 0.5) is 0 Å². The van der Waals surface area contributed by atoms with Crippen LogP contribution in [-0.2, 0) is 15.6 Å². The van der Waals surface area contributed by atoms with E-state index >= 15 is 0 Å². The zero-order valence-electron chi connectivity index (χ0n) is 12.5. The predicted octanol–water partition coefficient (Wildman–Crippen LogP) is 3.75. The van der Waals surface area contributed by atoms with Crippen LogP contribution in [0, 0.1) is 17.5 Å². The van der Waals surface area contributed by atoms with E-state index < -0.39 is 9.84 Å². The maximum absolute atomic E-state index is 12.7. The van der Waals surface area contributed by atoms with Crippen molar-refractivity contribution in [3.8, 4) is 0 Å². The third-order valence-corrected chi connectivity index (χ3v) is 5.64. The van der Waals surface area contributed by atoms with Gasteiger partial charge < -0.3 is 0 Å². The maximum Gasteiger partial charge on any atom is 0.190 e. The predicted molar refractivity (Wildman–Crippen MR) is 82.7 cm³/mol. The van der Waals surface area contributed by atoms with Gasteiger partial charge in [-0.05, 0) is 40.3 Å². The van der Waals surface area contributed by atoms with Crippen LogP contribution in [0.15, 0.2) is 41.3 Å². The summed E-state index contributed by atoms with van der Waals surface area (Å²) in [6.07, 6.45) is 0. The van der Waals surface area contributed by atoms with Gasteiger partial charge in [0.25, 0.3) is 0 Å². The van der Waals surface area contributed by atoms with E-state index in [1.807, 2.05) is 30.3 Å². The minimum atomic E-state index is -3.37. The lowest BCUT2D eigenvalue weighted by Gasteiger charge is -2.32. The van der Waals surface area contributed by atoms with Gasteiger partial charge in [0.1, 0.15) is 4.90 Å². The van der Waals surface area contributed by atoms with E-state index in [9.17, 15) is 8.42 Å². The lowest BCUT2D eigenvalue weighted by Crippen LogP contribution is -2.20. The van der Waals surface area contributed by atoms with Crippen molar-refractivity contribution in [2.45, 2.75) is 37.3 Å². The van der Waals surface area contributed by atoms with Gasteiger partial charge in [-0.15, -0.1) is 0 Å². The highest BCUT2D eigenvalue weighted by molar-refractivity contribution is 7.90. The molecule has 21 heavy (non-hydrogen) atoms. The largest absolute Gasteiger partial charge is 0.223 e. The number of rotatable bonds is 0. The third kappa shape index (κ3) is 2.34. The Hall–Kier alpha value is -1.79. The molecule has 0 bridgehead atoms. The van der Waals surface area contributed by atoms with Gasteiger partial charge in [0.2, 0.25) is 0 Å². The molecule has 1 aliphatic heterocycles. The third-order valence-electron chi connectivity index (χ3n) is 3.99. The molecular weight excluding hydrogens is 280 g/mol. The van der Waals surface area contributed by atoms with Crippen molar-refractivity contribution in [1.82, 2.24) is 0 Å². The monoisotopic (exact) mass is 298 g/mol. The standard InChI is InChI=1S/C18H18O2S/c1-18(2,3)17-14-9-5-4-8-13(14)12-21(19,20)16-11-7-6-10-15(16)17/h4-6,8-10,17H,12H2,1-3H3. The number of benzene rings is 1. The van der Waals surface area contributed by atoms with E-state index in [1.165, 1.54) is 0 Å². The molecule has 2 aromatic carbocycles. The molecule has 3 rings (SSSR count). The van der Waals surface area contributed by atoms with Gasteiger partial charge in [0, 0.05) is 5.92 Å². The molecule has 1 atom stereocenters. The maximum atomic E-state index is 12.7. The van der Waals surface area contributed by atoms with Crippen molar-refractivity contribution in [3.05, 3.63) is 65.2 Å². The summed E-state index contributed by atoms with van der Waals surface area (Å²) in [7, 11) is -3.37. The molecule has 2 nitrogen and oxygen atoms in total. The van der Waals surface area contributed by atoms with Crippen LogP contribution in [0.25, 0.3) is 0 Å². The van der Waals surface area contributed by atoms with Crippen molar-refractivity contribution in [2.24, 2.45) is 5.41 Å². The van der Waals surface area contributed by atoms with Gasteiger partial charge in [-0.3, -0.25) is 0 Å². The Labute approximate surface area is 126 Å². The number of fused-ring (bicyclic) bond motifs is 2. The molecule has 0 amide bonds. The summed E-state index contributed by atoms with van der Waals surface area (Å²) in [5.41, 5.74) is 2.75. The highest BCUT2D eigenvalue weighted by atomic mass is 32.2. The first kappa shape index (κ1) is 14.2. The molecular formula is C18H18O2S. The number of hydrogen-bond donors (Lipinski definition) is 0. The quantitative estimate of drug-likeness (QED) is 0.742. The Balaban J connectivity index is 2.40. The molecule has 1 unspecified atom stereocenters. The summed E-state index contributed by atoms with van der Waals surface area (Å²) < 4.78 is 25.4. The van der Waals surface area contributed by atoms with Crippen LogP contribution in [0.1, 0.15) is 43.4 Å². The van der Waals surface area contributed by atoms with Crippen molar-refractivity contribution < 1.29 is 8.42 Å². The average molecular weight is 298 g/mol. The summed E-state index contributed by atoms with van der Waals surface area (Å²) in [5.74, 6) is 0.0729. The zero-order chi connectivity index (χ0) is 15.3. The first-order valence-corrected chi connectivity index (χ1v) is 8.69. The van der Waals surface area contributed by atoms with Gasteiger partial charge in [-0.1, -0.05) is 51.1 Å². The van der Waals surface area contributed by atoms with E-state index in [4.69, 9.17) is 0 Å². The van der Waals surface area contributed by atoms with E-state index in [-0.39, 0.29) is 17.1 Å². The SMILES string of the molecule is CC(C)(C)C1c2ccc#cc2S(=O)(=O)Cc2ccccc21. The van der Waals surface area contributed by atoms with Gasteiger partial charge >= 0.3 is 0 Å². The van der Waals surface area contributed by atoms with Crippen LogP contribution in [0.2, 0.25) is 0 Å². The minimum Gasteiger partial charge on any atom is -0.223 e. The lowest BCUT2D eigenvalue weighted by atomic mass is 9.71. The van der Waals surface area contributed by atoms with Crippen LogP contribution < -0.4 is 0 Å². The summed E-state index contributed by atoms with van der Waals surface area (Å²) in [4.78, 5) is 0.307. The Kier molecular flexibility index (Phi) is 3.11. The molecule has 1 aliphatic rings. The van der Waals surface area contributed by atoms with Gasteiger partial charge in [0.05, 0.1) is 5.75 Å². The lowest BCUT2D eigenvalue weighted by molar-refractivity contribution is 0.355. The van der Waals surface area contributed by atoms with Crippen molar-refractivity contribution in [1.29, 1.82) is 0 Å². The topological polar surface area (TPSA) is 34.1 Å². The minimum absolute atomic E-state index is 0.0341. The molecule has 1 heterocycles. The van der Waals surface area contributed by atoms with E-state index in [2.05, 4.69) is 32.9 Å². The second kappa shape index (κ2) is 4.61.